The van der Waals surface area contributed by atoms with Gasteiger partial charge in [-0.25, -0.2) is 4.68 Å². The standard InChI is InChI=1S/C13H18N6O2/c14-11-8-15-18(10-11)1-2-19-13(20)7-12(9-16-19)17-3-5-21-6-4-17/h7-10H,1-6,14H2. The smallest absolute Gasteiger partial charge is 0.268 e. The molecule has 21 heavy (non-hydrogen) atoms. The predicted octanol–water partition coefficient (Wildman–Crippen LogP) is -0.441. The monoisotopic (exact) mass is 290 g/mol. The minimum absolute atomic E-state index is 0.112. The molecular formula is C13H18N6O2. The first kappa shape index (κ1) is 13.6. The van der Waals surface area contributed by atoms with Gasteiger partial charge in [0.1, 0.15) is 0 Å². The molecule has 112 valence electrons. The van der Waals surface area contributed by atoms with Crippen LogP contribution in [-0.4, -0.2) is 45.9 Å². The maximum absolute atomic E-state index is 12.1. The Morgan fingerprint density at radius 2 is 2.00 bits per heavy atom. The van der Waals surface area contributed by atoms with E-state index in [1.165, 1.54) is 4.68 Å². The SMILES string of the molecule is Nc1cnn(CCn2ncc(N3CCOCC3)cc2=O)c1. The average molecular weight is 290 g/mol. The summed E-state index contributed by atoms with van der Waals surface area (Å²) in [6.45, 7) is 3.97. The Bertz CT molecular complexity index is 659. The maximum Gasteiger partial charge on any atom is 0.268 e. The second-order valence-corrected chi connectivity index (χ2v) is 4.91. The summed E-state index contributed by atoms with van der Waals surface area (Å²) in [5, 5.41) is 8.30. The quantitative estimate of drug-likeness (QED) is 0.821. The van der Waals surface area contributed by atoms with Crippen LogP contribution in [-0.2, 0) is 17.8 Å². The molecule has 2 aromatic rings. The molecule has 3 heterocycles. The Kier molecular flexibility index (Phi) is 3.87. The van der Waals surface area contributed by atoms with Gasteiger partial charge in [-0.1, -0.05) is 0 Å². The average Bonchev–Trinajstić information content (AvgIpc) is 2.92. The van der Waals surface area contributed by atoms with Crippen molar-refractivity contribution in [2.45, 2.75) is 13.1 Å². The lowest BCUT2D eigenvalue weighted by molar-refractivity contribution is 0.122. The van der Waals surface area contributed by atoms with Crippen LogP contribution >= 0.6 is 0 Å². The number of nitrogen functional groups attached to an aromatic ring is 1. The van der Waals surface area contributed by atoms with Gasteiger partial charge < -0.3 is 15.4 Å². The van der Waals surface area contributed by atoms with Crippen LogP contribution in [0.2, 0.25) is 0 Å². The Balaban J connectivity index is 1.67. The Labute approximate surface area is 121 Å². The van der Waals surface area contributed by atoms with Crippen molar-refractivity contribution in [2.24, 2.45) is 0 Å². The molecule has 0 amide bonds. The van der Waals surface area contributed by atoms with Crippen LogP contribution in [0.1, 0.15) is 0 Å². The molecule has 2 N–H and O–H groups in total. The van der Waals surface area contributed by atoms with Crippen molar-refractivity contribution in [3.8, 4) is 0 Å². The van der Waals surface area contributed by atoms with Crippen LogP contribution in [0.4, 0.5) is 11.4 Å². The zero-order valence-electron chi connectivity index (χ0n) is 11.7. The molecule has 3 rings (SSSR count). The molecule has 0 atom stereocenters. The largest absolute Gasteiger partial charge is 0.396 e. The van der Waals surface area contributed by atoms with Gasteiger partial charge in [-0.3, -0.25) is 9.48 Å². The van der Waals surface area contributed by atoms with Gasteiger partial charge in [0.2, 0.25) is 0 Å². The summed E-state index contributed by atoms with van der Waals surface area (Å²) in [4.78, 5) is 14.2. The molecule has 0 unspecified atom stereocenters. The number of aryl methyl sites for hydroxylation is 2. The van der Waals surface area contributed by atoms with Crippen molar-refractivity contribution >= 4 is 11.4 Å². The highest BCUT2D eigenvalue weighted by molar-refractivity contribution is 5.43. The van der Waals surface area contributed by atoms with Gasteiger partial charge in [0, 0.05) is 25.4 Å². The van der Waals surface area contributed by atoms with E-state index in [0.717, 1.165) is 18.8 Å². The summed E-state index contributed by atoms with van der Waals surface area (Å²) in [7, 11) is 0. The maximum atomic E-state index is 12.1. The first-order chi connectivity index (χ1) is 10.2. The van der Waals surface area contributed by atoms with Crippen molar-refractivity contribution in [3.63, 3.8) is 0 Å². The number of nitrogens with zero attached hydrogens (tertiary/aromatic N) is 5. The van der Waals surface area contributed by atoms with Gasteiger partial charge in [0.05, 0.1) is 50.1 Å². The molecule has 1 fully saturated rings. The van der Waals surface area contributed by atoms with E-state index >= 15 is 0 Å². The number of hydrogen-bond donors (Lipinski definition) is 1. The van der Waals surface area contributed by atoms with Gasteiger partial charge in [0.25, 0.3) is 5.56 Å². The third-order valence-corrected chi connectivity index (χ3v) is 3.43. The highest BCUT2D eigenvalue weighted by atomic mass is 16.5. The number of anilines is 2. The second-order valence-electron chi connectivity index (χ2n) is 4.91. The van der Waals surface area contributed by atoms with E-state index < -0.39 is 0 Å². The van der Waals surface area contributed by atoms with E-state index in [0.29, 0.717) is 32.0 Å². The topological polar surface area (TPSA) is 91.2 Å². The molecule has 8 nitrogen and oxygen atoms in total. The van der Waals surface area contributed by atoms with E-state index in [2.05, 4.69) is 15.1 Å². The Morgan fingerprint density at radius 1 is 1.19 bits per heavy atom. The van der Waals surface area contributed by atoms with Crippen molar-refractivity contribution in [1.82, 2.24) is 19.6 Å². The summed E-state index contributed by atoms with van der Waals surface area (Å²) in [5.41, 5.74) is 6.94. The molecule has 1 saturated heterocycles. The van der Waals surface area contributed by atoms with E-state index in [-0.39, 0.29) is 5.56 Å². The number of aromatic nitrogens is 4. The minimum Gasteiger partial charge on any atom is -0.396 e. The van der Waals surface area contributed by atoms with Gasteiger partial charge in [0.15, 0.2) is 0 Å². The fourth-order valence-electron chi connectivity index (χ4n) is 2.29. The van der Waals surface area contributed by atoms with E-state index in [1.807, 2.05) is 0 Å². The molecule has 0 aromatic carbocycles. The first-order valence-corrected chi connectivity index (χ1v) is 6.90. The zero-order valence-corrected chi connectivity index (χ0v) is 11.7. The lowest BCUT2D eigenvalue weighted by Gasteiger charge is -2.28. The Hall–Kier alpha value is -2.35. The molecular weight excluding hydrogens is 272 g/mol. The van der Waals surface area contributed by atoms with E-state index in [1.54, 1.807) is 29.3 Å². The minimum atomic E-state index is -0.112. The molecule has 2 aromatic heterocycles. The normalized spacial score (nSPS) is 15.3. The van der Waals surface area contributed by atoms with Gasteiger partial charge >= 0.3 is 0 Å². The second kappa shape index (κ2) is 5.96. The zero-order chi connectivity index (χ0) is 14.7. The summed E-state index contributed by atoms with van der Waals surface area (Å²) >= 11 is 0. The fourth-order valence-corrected chi connectivity index (χ4v) is 2.29. The lowest BCUT2D eigenvalue weighted by atomic mass is 10.3. The number of morpholine rings is 1. The summed E-state index contributed by atoms with van der Waals surface area (Å²) in [6.07, 6.45) is 5.04. The van der Waals surface area contributed by atoms with E-state index in [4.69, 9.17) is 10.5 Å². The third kappa shape index (κ3) is 3.22. The lowest BCUT2D eigenvalue weighted by Crippen LogP contribution is -2.37. The predicted molar refractivity (Wildman–Crippen MR) is 78.2 cm³/mol. The highest BCUT2D eigenvalue weighted by Gasteiger charge is 2.12. The van der Waals surface area contributed by atoms with Gasteiger partial charge in [-0.05, 0) is 0 Å². The summed E-state index contributed by atoms with van der Waals surface area (Å²) < 4.78 is 8.43. The van der Waals surface area contributed by atoms with Crippen LogP contribution < -0.4 is 16.2 Å². The van der Waals surface area contributed by atoms with Crippen molar-refractivity contribution < 1.29 is 4.74 Å². The summed E-state index contributed by atoms with van der Waals surface area (Å²) in [6, 6.07) is 1.62. The first-order valence-electron chi connectivity index (χ1n) is 6.90. The van der Waals surface area contributed by atoms with E-state index in [9.17, 15) is 4.79 Å². The highest BCUT2D eigenvalue weighted by Crippen LogP contribution is 2.11. The number of rotatable bonds is 4. The molecule has 8 heteroatoms. The number of ether oxygens (including phenoxy) is 1. The van der Waals surface area contributed by atoms with Crippen molar-refractivity contribution in [1.29, 1.82) is 0 Å². The number of hydrogen-bond acceptors (Lipinski definition) is 6. The van der Waals surface area contributed by atoms with Crippen LogP contribution in [0.25, 0.3) is 0 Å². The molecule has 0 radical (unpaired) electrons. The van der Waals surface area contributed by atoms with Gasteiger partial charge in [-0.2, -0.15) is 10.2 Å². The van der Waals surface area contributed by atoms with Crippen molar-refractivity contribution in [2.75, 3.05) is 36.9 Å². The van der Waals surface area contributed by atoms with Crippen LogP contribution in [0, 0.1) is 0 Å². The fraction of sp³-hybridized carbons (Fsp3) is 0.462. The van der Waals surface area contributed by atoms with Gasteiger partial charge in [-0.15, -0.1) is 0 Å². The molecule has 1 aliphatic heterocycles. The van der Waals surface area contributed by atoms with Crippen LogP contribution in [0.3, 0.4) is 0 Å². The molecule has 1 aliphatic rings. The Morgan fingerprint density at radius 3 is 2.67 bits per heavy atom. The van der Waals surface area contributed by atoms with Crippen molar-refractivity contribution in [3.05, 3.63) is 35.0 Å². The molecule has 0 saturated carbocycles. The molecule has 0 bridgehead atoms. The molecule has 0 spiro atoms. The van der Waals surface area contributed by atoms with Crippen LogP contribution in [0.5, 0.6) is 0 Å². The third-order valence-electron chi connectivity index (χ3n) is 3.43. The number of nitrogens with two attached hydrogens (primary N) is 1. The molecule has 0 aliphatic carbocycles. The van der Waals surface area contributed by atoms with Crippen LogP contribution in [0.15, 0.2) is 29.5 Å². The summed E-state index contributed by atoms with van der Waals surface area (Å²) in [5.74, 6) is 0.